The number of carbonyl (C=O) groups is 1. The normalized spacial score (nSPS) is 16.6. The van der Waals surface area contributed by atoms with Crippen molar-refractivity contribution in [3.8, 4) is 22.8 Å². The fourth-order valence-corrected chi connectivity index (χ4v) is 4.66. The summed E-state index contributed by atoms with van der Waals surface area (Å²) in [6.45, 7) is 7.25. The molecule has 2 aliphatic rings. The molecular formula is C25H29N3O3. The quantitative estimate of drug-likeness (QED) is 0.653. The topological polar surface area (TPSA) is 67.5 Å². The van der Waals surface area contributed by atoms with Crippen molar-refractivity contribution in [2.24, 2.45) is 0 Å². The largest absolute Gasteiger partial charge is 0.491 e. The van der Waals surface area contributed by atoms with Crippen LogP contribution in [0.2, 0.25) is 0 Å². The van der Waals surface area contributed by atoms with Crippen molar-refractivity contribution in [3.05, 3.63) is 65.4 Å². The van der Waals surface area contributed by atoms with Gasteiger partial charge in [0, 0.05) is 44.0 Å². The Morgan fingerprint density at radius 1 is 1.23 bits per heavy atom. The molecule has 1 aromatic heterocycles. The van der Waals surface area contributed by atoms with E-state index in [0.717, 1.165) is 46.7 Å². The lowest BCUT2D eigenvalue weighted by atomic mass is 9.81. The molecule has 162 valence electrons. The number of para-hydroxylation sites is 1. The number of piperidine rings is 1. The molecule has 0 unspecified atom stereocenters. The molecule has 3 aromatic rings. The molecule has 31 heavy (non-hydrogen) atoms. The van der Waals surface area contributed by atoms with Crippen LogP contribution in [-0.2, 0) is 5.60 Å². The minimum absolute atomic E-state index is 0. The van der Waals surface area contributed by atoms with Gasteiger partial charge in [-0.15, -0.1) is 0 Å². The van der Waals surface area contributed by atoms with E-state index in [-0.39, 0.29) is 13.4 Å². The van der Waals surface area contributed by atoms with Crippen LogP contribution in [0.1, 0.15) is 49.6 Å². The Morgan fingerprint density at radius 3 is 2.74 bits per heavy atom. The second-order valence-corrected chi connectivity index (χ2v) is 8.69. The number of carbonyl (C=O) groups excluding carboxylic acids is 1. The van der Waals surface area contributed by atoms with E-state index >= 15 is 0 Å². The molecule has 0 saturated carbocycles. The van der Waals surface area contributed by atoms with Crippen molar-refractivity contribution in [3.63, 3.8) is 0 Å². The lowest BCUT2D eigenvalue weighted by Crippen LogP contribution is -2.49. The van der Waals surface area contributed by atoms with E-state index in [1.807, 2.05) is 74.3 Å². The number of aromatic nitrogens is 2. The summed E-state index contributed by atoms with van der Waals surface area (Å²) in [6, 6.07) is 13.7. The van der Waals surface area contributed by atoms with Gasteiger partial charge in [-0.1, -0.05) is 12.1 Å². The molecule has 0 radical (unpaired) electrons. The average molecular weight is 420 g/mol. The average Bonchev–Trinajstić information content (AvgIpc) is 3.27. The van der Waals surface area contributed by atoms with E-state index in [1.165, 1.54) is 0 Å². The molecule has 1 amide bonds. The number of aryl methyl sites for hydroxylation is 1. The van der Waals surface area contributed by atoms with Gasteiger partial charge < -0.3 is 14.4 Å². The second kappa shape index (κ2) is 7.45. The summed E-state index contributed by atoms with van der Waals surface area (Å²) in [6.07, 6.45) is 3.44. The third kappa shape index (κ3) is 3.36. The van der Waals surface area contributed by atoms with Gasteiger partial charge >= 0.3 is 0 Å². The molecule has 1 N–H and O–H groups in total. The van der Waals surface area contributed by atoms with Gasteiger partial charge in [0.05, 0.1) is 18.0 Å². The number of rotatable bonds is 3. The third-order valence-electron chi connectivity index (χ3n) is 6.23. The number of benzene rings is 2. The Balaban J connectivity index is 0.00000245. The first-order valence-corrected chi connectivity index (χ1v) is 10.9. The molecule has 3 heterocycles. The number of hydrogen-bond donors (Lipinski definition) is 1. The molecule has 1 fully saturated rings. The van der Waals surface area contributed by atoms with Crippen molar-refractivity contribution in [2.45, 2.75) is 45.3 Å². The molecule has 0 bridgehead atoms. The highest BCUT2D eigenvalue weighted by molar-refractivity contribution is 5.94. The highest BCUT2D eigenvalue weighted by Crippen LogP contribution is 2.48. The highest BCUT2D eigenvalue weighted by atomic mass is 16.5. The van der Waals surface area contributed by atoms with E-state index in [2.05, 4.69) is 10.2 Å². The number of aromatic amines is 1. The minimum Gasteiger partial charge on any atom is -0.491 e. The van der Waals surface area contributed by atoms with E-state index in [4.69, 9.17) is 9.47 Å². The Kier molecular flexibility index (Phi) is 4.73. The van der Waals surface area contributed by atoms with E-state index < -0.39 is 5.60 Å². The maximum absolute atomic E-state index is 13.2. The van der Waals surface area contributed by atoms with Crippen LogP contribution >= 0.6 is 0 Å². The number of nitrogens with one attached hydrogen (secondary N) is 1. The maximum atomic E-state index is 13.2. The number of hydrogen-bond acceptors (Lipinski definition) is 4. The van der Waals surface area contributed by atoms with Crippen LogP contribution in [0.4, 0.5) is 0 Å². The molecule has 1 spiro atoms. The van der Waals surface area contributed by atoms with Crippen LogP contribution in [0, 0.1) is 6.92 Å². The van der Waals surface area contributed by atoms with E-state index in [1.54, 1.807) is 0 Å². The van der Waals surface area contributed by atoms with Gasteiger partial charge in [-0.25, -0.2) is 0 Å². The monoisotopic (exact) mass is 419 g/mol. The summed E-state index contributed by atoms with van der Waals surface area (Å²) in [4.78, 5) is 15.1. The summed E-state index contributed by atoms with van der Waals surface area (Å²) in [5.74, 6) is 1.75. The van der Waals surface area contributed by atoms with Crippen molar-refractivity contribution >= 4 is 5.91 Å². The highest BCUT2D eigenvalue weighted by Gasteiger charge is 2.45. The third-order valence-corrected chi connectivity index (χ3v) is 6.23. The van der Waals surface area contributed by atoms with Gasteiger partial charge in [-0.3, -0.25) is 9.89 Å². The minimum atomic E-state index is -0.446. The smallest absolute Gasteiger partial charge is 0.253 e. The second-order valence-electron chi connectivity index (χ2n) is 8.69. The van der Waals surface area contributed by atoms with Crippen molar-refractivity contribution in [2.75, 3.05) is 13.1 Å². The zero-order chi connectivity index (χ0) is 21.6. The maximum Gasteiger partial charge on any atom is 0.253 e. The van der Waals surface area contributed by atoms with Crippen LogP contribution in [0.15, 0.2) is 48.7 Å². The number of fused-ring (bicyclic) bond motifs is 4. The molecule has 6 nitrogen and oxygen atoms in total. The number of ether oxygens (including phenoxy) is 2. The summed E-state index contributed by atoms with van der Waals surface area (Å²) >= 11 is 0. The van der Waals surface area contributed by atoms with Crippen LogP contribution < -0.4 is 9.47 Å². The van der Waals surface area contributed by atoms with Gasteiger partial charge in [-0.2, -0.15) is 5.10 Å². The molecule has 1 saturated heterocycles. The van der Waals surface area contributed by atoms with E-state index in [0.29, 0.717) is 18.7 Å². The predicted molar refractivity (Wildman–Crippen MR) is 121 cm³/mol. The first-order valence-electron chi connectivity index (χ1n) is 10.9. The van der Waals surface area contributed by atoms with Crippen LogP contribution in [0.25, 0.3) is 11.3 Å². The van der Waals surface area contributed by atoms with Gasteiger partial charge in [0.25, 0.3) is 5.91 Å². The standard InChI is InChI=1S/C25H27N3O3.H2/c1-16(2)30-21-9-8-18(14-17(21)3)24(29)28-12-10-25(11-13-28)20-15-26-27-23(20)19-6-4-5-7-22(19)31-25;/h4-9,14-16H,10-13H2,1-3H3,(H,26,27);1H. The van der Waals surface area contributed by atoms with Crippen molar-refractivity contribution in [1.82, 2.24) is 15.1 Å². The molecule has 0 atom stereocenters. The Bertz CT molecular complexity index is 1130. The molecule has 0 aliphatic carbocycles. The summed E-state index contributed by atoms with van der Waals surface area (Å²) in [7, 11) is 0. The number of H-pyrrole nitrogens is 1. The van der Waals surface area contributed by atoms with Crippen LogP contribution in [0.3, 0.4) is 0 Å². The molecule has 2 aliphatic heterocycles. The first-order chi connectivity index (χ1) is 15.0. The van der Waals surface area contributed by atoms with E-state index in [9.17, 15) is 4.79 Å². The molecule has 5 rings (SSSR count). The number of amides is 1. The summed E-state index contributed by atoms with van der Waals surface area (Å²) in [5, 5.41) is 7.44. The van der Waals surface area contributed by atoms with Gasteiger partial charge in [-0.05, 0) is 56.7 Å². The van der Waals surface area contributed by atoms with Gasteiger partial charge in [0.1, 0.15) is 17.1 Å². The molecule has 2 aromatic carbocycles. The van der Waals surface area contributed by atoms with Gasteiger partial charge in [0.2, 0.25) is 0 Å². The fourth-order valence-electron chi connectivity index (χ4n) is 4.66. The van der Waals surface area contributed by atoms with Crippen LogP contribution in [-0.4, -0.2) is 40.2 Å². The summed E-state index contributed by atoms with van der Waals surface area (Å²) in [5.41, 5.74) is 4.38. The van der Waals surface area contributed by atoms with Crippen LogP contribution in [0.5, 0.6) is 11.5 Å². The molecule has 6 heteroatoms. The lowest BCUT2D eigenvalue weighted by molar-refractivity contribution is -0.00161. The zero-order valence-electron chi connectivity index (χ0n) is 18.1. The number of nitrogens with zero attached hydrogens (tertiary/aromatic N) is 2. The lowest BCUT2D eigenvalue weighted by Gasteiger charge is -2.44. The SMILES string of the molecule is Cc1cc(C(=O)N2CCC3(CC2)Oc2ccccc2-c2[nH]ncc23)ccc1OC(C)C.[HH]. The molecular weight excluding hydrogens is 390 g/mol. The van der Waals surface area contributed by atoms with Crippen molar-refractivity contribution in [1.29, 1.82) is 0 Å². The Labute approximate surface area is 183 Å². The zero-order valence-corrected chi connectivity index (χ0v) is 18.1. The number of likely N-dealkylation sites (tertiary alicyclic amines) is 1. The Morgan fingerprint density at radius 2 is 2.00 bits per heavy atom. The first kappa shape index (κ1) is 19.7. The van der Waals surface area contributed by atoms with Crippen molar-refractivity contribution < 1.29 is 15.7 Å². The predicted octanol–water partition coefficient (Wildman–Crippen LogP) is 4.94. The fraction of sp³-hybridized carbons (Fsp3) is 0.360. The van der Waals surface area contributed by atoms with Gasteiger partial charge in [0.15, 0.2) is 0 Å². The summed E-state index contributed by atoms with van der Waals surface area (Å²) < 4.78 is 12.3. The Hall–Kier alpha value is -3.28.